The number of nitrogens with one attached hydrogen (secondary N) is 1. The number of hydrogen-bond acceptors (Lipinski definition) is 5. The van der Waals surface area contributed by atoms with Crippen LogP contribution in [0.25, 0.3) is 11.3 Å². The predicted molar refractivity (Wildman–Crippen MR) is 96.3 cm³/mol. The van der Waals surface area contributed by atoms with Crippen molar-refractivity contribution in [1.82, 2.24) is 9.97 Å². The molecule has 1 aromatic heterocycles. The van der Waals surface area contributed by atoms with E-state index in [4.69, 9.17) is 10.5 Å². The first-order chi connectivity index (χ1) is 12.2. The van der Waals surface area contributed by atoms with Gasteiger partial charge in [-0.15, -0.1) is 0 Å². The van der Waals surface area contributed by atoms with E-state index < -0.39 is 0 Å². The number of nitrogens with zero attached hydrogens (tertiary/aromatic N) is 2. The first kappa shape index (κ1) is 16.6. The van der Waals surface area contributed by atoms with Crippen LogP contribution < -0.4 is 15.8 Å². The summed E-state index contributed by atoms with van der Waals surface area (Å²) in [4.78, 5) is 20.9. The zero-order chi connectivity index (χ0) is 17.6. The molecule has 0 aliphatic carbocycles. The third kappa shape index (κ3) is 3.99. The lowest BCUT2D eigenvalue weighted by Gasteiger charge is -2.08. The van der Waals surface area contributed by atoms with E-state index in [2.05, 4.69) is 15.3 Å². The van der Waals surface area contributed by atoms with Crippen LogP contribution in [-0.4, -0.2) is 23.0 Å². The van der Waals surface area contributed by atoms with Crippen LogP contribution in [0.1, 0.15) is 16.1 Å². The third-order valence-corrected chi connectivity index (χ3v) is 3.68. The lowest BCUT2D eigenvalue weighted by Crippen LogP contribution is -2.11. The summed E-state index contributed by atoms with van der Waals surface area (Å²) in [7, 11) is 1.59. The van der Waals surface area contributed by atoms with E-state index in [9.17, 15) is 4.79 Å². The Morgan fingerprint density at radius 2 is 1.92 bits per heavy atom. The lowest BCUT2D eigenvalue weighted by molar-refractivity contribution is 0.102. The molecule has 6 heteroatoms. The highest BCUT2D eigenvalue weighted by Gasteiger charge is 2.08. The summed E-state index contributed by atoms with van der Waals surface area (Å²) in [6, 6.07) is 14.4. The number of hydrogen-bond donors (Lipinski definition) is 2. The number of ether oxygens (including phenoxy) is 1. The molecule has 0 saturated heterocycles. The molecule has 0 atom stereocenters. The van der Waals surface area contributed by atoms with E-state index in [1.54, 1.807) is 43.8 Å². The van der Waals surface area contributed by atoms with Gasteiger partial charge >= 0.3 is 0 Å². The molecule has 0 aliphatic rings. The second-order valence-corrected chi connectivity index (χ2v) is 5.36. The molecule has 3 N–H and O–H groups in total. The van der Waals surface area contributed by atoms with Crippen molar-refractivity contribution in [3.8, 4) is 17.0 Å². The van der Waals surface area contributed by atoms with Gasteiger partial charge in [0.05, 0.1) is 30.9 Å². The van der Waals surface area contributed by atoms with Crippen LogP contribution in [-0.2, 0) is 6.54 Å². The maximum atomic E-state index is 12.4. The van der Waals surface area contributed by atoms with Crippen molar-refractivity contribution in [3.63, 3.8) is 0 Å². The first-order valence-corrected chi connectivity index (χ1v) is 7.76. The zero-order valence-electron chi connectivity index (χ0n) is 13.8. The van der Waals surface area contributed by atoms with E-state index in [-0.39, 0.29) is 5.91 Å². The number of aromatic nitrogens is 2. The highest BCUT2D eigenvalue weighted by atomic mass is 16.5. The number of nitrogens with two attached hydrogens (primary N) is 1. The van der Waals surface area contributed by atoms with Crippen LogP contribution in [0.4, 0.5) is 5.69 Å². The van der Waals surface area contributed by atoms with Gasteiger partial charge in [0.1, 0.15) is 5.75 Å². The number of carbonyl (C=O) groups is 1. The Balaban J connectivity index is 1.77. The van der Waals surface area contributed by atoms with Crippen molar-refractivity contribution < 1.29 is 9.53 Å². The van der Waals surface area contributed by atoms with Gasteiger partial charge < -0.3 is 15.8 Å². The van der Waals surface area contributed by atoms with E-state index in [1.165, 1.54) is 0 Å². The maximum absolute atomic E-state index is 12.4. The minimum absolute atomic E-state index is 0.190. The Kier molecular flexibility index (Phi) is 5.01. The van der Waals surface area contributed by atoms with Crippen molar-refractivity contribution in [1.29, 1.82) is 0 Å². The smallest absolute Gasteiger partial charge is 0.255 e. The SMILES string of the molecule is COc1ccc(C(=O)Nc2cccc(-c3cnc(CN)cn3)c2)cc1. The molecule has 25 heavy (non-hydrogen) atoms. The van der Waals surface area contributed by atoms with Crippen molar-refractivity contribution >= 4 is 11.6 Å². The van der Waals surface area contributed by atoms with Crippen LogP contribution >= 0.6 is 0 Å². The second-order valence-electron chi connectivity index (χ2n) is 5.36. The molecule has 0 unspecified atom stereocenters. The van der Waals surface area contributed by atoms with Gasteiger partial charge in [-0.2, -0.15) is 0 Å². The summed E-state index contributed by atoms with van der Waals surface area (Å²) in [6.45, 7) is 0.352. The molecule has 0 aliphatic heterocycles. The lowest BCUT2D eigenvalue weighted by atomic mass is 10.1. The van der Waals surface area contributed by atoms with Crippen molar-refractivity contribution in [2.24, 2.45) is 5.73 Å². The Hall–Kier alpha value is -3.25. The fraction of sp³-hybridized carbons (Fsp3) is 0.105. The van der Waals surface area contributed by atoms with Crippen molar-refractivity contribution in [2.75, 3.05) is 12.4 Å². The number of methoxy groups -OCH3 is 1. The van der Waals surface area contributed by atoms with Gasteiger partial charge in [-0.05, 0) is 36.4 Å². The monoisotopic (exact) mass is 334 g/mol. The molecular formula is C19H18N4O2. The van der Waals surface area contributed by atoms with Gasteiger partial charge in [0.15, 0.2) is 0 Å². The van der Waals surface area contributed by atoms with Crippen molar-refractivity contribution in [3.05, 3.63) is 72.2 Å². The number of amides is 1. The summed E-state index contributed by atoms with van der Waals surface area (Å²) in [5, 5.41) is 2.88. The highest BCUT2D eigenvalue weighted by molar-refractivity contribution is 6.04. The van der Waals surface area contributed by atoms with Gasteiger partial charge in [-0.25, -0.2) is 0 Å². The van der Waals surface area contributed by atoms with E-state index in [0.717, 1.165) is 17.0 Å². The number of carbonyl (C=O) groups excluding carboxylic acids is 1. The van der Waals surface area contributed by atoms with Crippen molar-refractivity contribution in [2.45, 2.75) is 6.54 Å². The molecule has 0 saturated carbocycles. The Bertz CT molecular complexity index is 861. The largest absolute Gasteiger partial charge is 0.497 e. The molecule has 3 aromatic rings. The number of rotatable bonds is 5. The van der Waals surface area contributed by atoms with Crippen LogP contribution in [0.5, 0.6) is 5.75 Å². The van der Waals surface area contributed by atoms with E-state index >= 15 is 0 Å². The first-order valence-electron chi connectivity index (χ1n) is 7.76. The normalized spacial score (nSPS) is 10.3. The fourth-order valence-electron chi connectivity index (χ4n) is 2.31. The van der Waals surface area contributed by atoms with Gasteiger partial charge in [0.2, 0.25) is 0 Å². The summed E-state index contributed by atoms with van der Waals surface area (Å²) in [5.41, 5.74) is 9.08. The molecule has 3 rings (SSSR count). The maximum Gasteiger partial charge on any atom is 0.255 e. The average molecular weight is 334 g/mol. The van der Waals surface area contributed by atoms with Crippen LogP contribution in [0, 0.1) is 0 Å². The minimum atomic E-state index is -0.190. The van der Waals surface area contributed by atoms with Gasteiger partial charge in [-0.3, -0.25) is 14.8 Å². The molecule has 6 nitrogen and oxygen atoms in total. The Morgan fingerprint density at radius 1 is 1.12 bits per heavy atom. The van der Waals surface area contributed by atoms with Crippen LogP contribution in [0.2, 0.25) is 0 Å². The minimum Gasteiger partial charge on any atom is -0.497 e. The summed E-state index contributed by atoms with van der Waals surface area (Å²) < 4.78 is 5.10. The molecule has 0 spiro atoms. The summed E-state index contributed by atoms with van der Waals surface area (Å²) in [5.74, 6) is 0.516. The molecule has 1 amide bonds. The molecule has 1 heterocycles. The third-order valence-electron chi connectivity index (χ3n) is 3.68. The Labute approximate surface area is 145 Å². The zero-order valence-corrected chi connectivity index (χ0v) is 13.8. The highest BCUT2D eigenvalue weighted by Crippen LogP contribution is 2.21. The Morgan fingerprint density at radius 3 is 2.56 bits per heavy atom. The molecule has 0 fully saturated rings. The molecule has 126 valence electrons. The molecule has 2 aromatic carbocycles. The van der Waals surface area contributed by atoms with E-state index in [1.807, 2.05) is 24.3 Å². The summed E-state index contributed by atoms with van der Waals surface area (Å²) >= 11 is 0. The summed E-state index contributed by atoms with van der Waals surface area (Å²) in [6.07, 6.45) is 3.32. The number of benzene rings is 2. The van der Waals surface area contributed by atoms with Gasteiger partial charge in [0.25, 0.3) is 5.91 Å². The van der Waals surface area contributed by atoms with E-state index in [0.29, 0.717) is 23.5 Å². The van der Waals surface area contributed by atoms with Gasteiger partial charge in [-0.1, -0.05) is 12.1 Å². The topological polar surface area (TPSA) is 90.1 Å². The van der Waals surface area contributed by atoms with Gasteiger partial charge in [0, 0.05) is 23.4 Å². The molecular weight excluding hydrogens is 316 g/mol. The molecule has 0 radical (unpaired) electrons. The standard InChI is InChI=1S/C19H18N4O2/c1-25-17-7-5-13(6-8-17)19(24)23-15-4-2-3-14(9-15)18-12-21-16(10-20)11-22-18/h2-9,11-12H,10,20H2,1H3,(H,23,24). The second kappa shape index (κ2) is 7.55. The number of anilines is 1. The predicted octanol–water partition coefficient (Wildman–Crippen LogP) is 2.86. The average Bonchev–Trinajstić information content (AvgIpc) is 2.68. The molecule has 0 bridgehead atoms. The van der Waals surface area contributed by atoms with Crippen LogP contribution in [0.15, 0.2) is 60.9 Å². The fourth-order valence-corrected chi connectivity index (χ4v) is 2.31. The van der Waals surface area contributed by atoms with Crippen LogP contribution in [0.3, 0.4) is 0 Å². The quantitative estimate of drug-likeness (QED) is 0.749.